The highest BCUT2D eigenvalue weighted by Crippen LogP contribution is 2.33. The normalized spacial score (nSPS) is 15.8. The number of methoxy groups -OCH3 is 1. The molecule has 25 nitrogen and oxygen atoms in total. The van der Waals surface area contributed by atoms with Crippen LogP contribution in [0.25, 0.3) is 0 Å². The largest absolute Gasteiger partial charge is 0.504 e. The molecule has 3 rings (SSSR count). The van der Waals surface area contributed by atoms with Crippen molar-refractivity contribution in [3.63, 3.8) is 0 Å². The molecule has 2 fully saturated rings. The van der Waals surface area contributed by atoms with Crippen LogP contribution in [0.1, 0.15) is 167 Å². The van der Waals surface area contributed by atoms with Gasteiger partial charge in [-0.05, 0) is 127 Å². The molecular weight excluding hydrogens is 1250 g/mol. The molecule has 0 spiro atoms. The SMILES string of the molecule is CCCCC/C=C\C/C=C\C/C=C\C/C=C\CCCC(=O)N(CCCCCC(=O)NCCOCCOCC(=O)N[C@@H](CCCCN)C(=O)NCCCOCCOCCOCCCNC(=O)[C@H](CC(=O)O)NC(=O)CCCC[C@@H]1SC[C@@H]2NC(=O)N[C@@H]21)Cc1ccc(O)c(OC)c1. The Morgan fingerprint density at radius 3 is 1.90 bits per heavy atom. The van der Waals surface area contributed by atoms with Gasteiger partial charge in [0.15, 0.2) is 11.5 Å². The third-order valence-electron chi connectivity index (χ3n) is 15.7. The summed E-state index contributed by atoms with van der Waals surface area (Å²) in [5.41, 5.74) is 6.53. The van der Waals surface area contributed by atoms with Crippen molar-refractivity contribution >= 4 is 59.2 Å². The minimum atomic E-state index is -1.21. The number of unbranched alkanes of at least 4 members (excludes halogenated alkanes) is 8. The smallest absolute Gasteiger partial charge is 0.315 e. The number of carbonyl (C=O) groups is 8. The zero-order chi connectivity index (χ0) is 69.5. The summed E-state index contributed by atoms with van der Waals surface area (Å²) in [7, 11) is 1.49. The molecule has 0 aromatic heterocycles. The van der Waals surface area contributed by atoms with Crippen LogP contribution < -0.4 is 47.7 Å². The number of aromatic hydroxyl groups is 1. The Hall–Kier alpha value is -6.55. The van der Waals surface area contributed by atoms with Gasteiger partial charge >= 0.3 is 12.0 Å². The maximum Gasteiger partial charge on any atom is 0.315 e. The first-order chi connectivity index (χ1) is 46.7. The second kappa shape index (κ2) is 55.4. The number of amides is 8. The molecular formula is C70H115N9O16S. The van der Waals surface area contributed by atoms with Crippen LogP contribution in [0.3, 0.4) is 0 Å². The Morgan fingerprint density at radius 1 is 0.635 bits per heavy atom. The monoisotopic (exact) mass is 1370 g/mol. The Kier molecular flexibility index (Phi) is 48.3. The highest BCUT2D eigenvalue weighted by Gasteiger charge is 2.42. The van der Waals surface area contributed by atoms with E-state index in [-0.39, 0.29) is 86.2 Å². The fraction of sp³-hybridized carbons (Fsp3) is 0.686. The number of carboxylic acid groups (broad SMARTS) is 1. The van der Waals surface area contributed by atoms with E-state index < -0.39 is 42.2 Å². The summed E-state index contributed by atoms with van der Waals surface area (Å²) in [4.78, 5) is 102. The quantitative estimate of drug-likeness (QED) is 0.0179. The number of phenols is 1. The molecule has 542 valence electrons. The van der Waals surface area contributed by atoms with Gasteiger partial charge in [0.25, 0.3) is 0 Å². The molecule has 0 radical (unpaired) electrons. The molecule has 0 saturated carbocycles. The van der Waals surface area contributed by atoms with Crippen molar-refractivity contribution in [1.82, 2.24) is 42.1 Å². The molecule has 1 aromatic carbocycles. The van der Waals surface area contributed by atoms with Crippen LogP contribution in [-0.2, 0) is 63.8 Å². The number of nitrogens with one attached hydrogen (secondary N) is 7. The summed E-state index contributed by atoms with van der Waals surface area (Å²) >= 11 is 1.80. The predicted octanol–water partition coefficient (Wildman–Crippen LogP) is 6.95. The maximum atomic E-state index is 13.5. The summed E-state index contributed by atoms with van der Waals surface area (Å²) < 4.78 is 33.1. The van der Waals surface area contributed by atoms with Crippen LogP contribution in [0.4, 0.5) is 4.79 Å². The predicted molar refractivity (Wildman–Crippen MR) is 372 cm³/mol. The molecule has 2 heterocycles. The number of carboxylic acids is 1. The Balaban J connectivity index is 1.17. The van der Waals surface area contributed by atoms with Gasteiger partial charge in [-0.3, -0.25) is 33.6 Å². The average Bonchev–Trinajstić information content (AvgIpc) is 1.67. The third kappa shape index (κ3) is 41.5. The minimum Gasteiger partial charge on any atom is -0.504 e. The zero-order valence-corrected chi connectivity index (χ0v) is 58.1. The molecule has 2 aliphatic heterocycles. The topological polar surface area (TPSA) is 346 Å². The number of hydrogen-bond acceptors (Lipinski definition) is 17. The van der Waals surface area contributed by atoms with E-state index in [1.165, 1.54) is 26.4 Å². The van der Waals surface area contributed by atoms with E-state index in [2.05, 4.69) is 92.7 Å². The molecule has 0 aliphatic carbocycles. The van der Waals surface area contributed by atoms with Gasteiger partial charge in [-0.2, -0.15) is 11.8 Å². The number of urea groups is 1. The Labute approximate surface area is 574 Å². The van der Waals surface area contributed by atoms with Gasteiger partial charge in [-0.25, -0.2) is 4.79 Å². The molecule has 11 N–H and O–H groups in total. The van der Waals surface area contributed by atoms with Gasteiger partial charge in [0.2, 0.25) is 35.4 Å². The summed E-state index contributed by atoms with van der Waals surface area (Å²) in [5, 5.41) is 39.3. The van der Waals surface area contributed by atoms with Crippen LogP contribution in [-0.4, -0.2) is 204 Å². The lowest BCUT2D eigenvalue weighted by atomic mass is 10.0. The van der Waals surface area contributed by atoms with Gasteiger partial charge in [0.1, 0.15) is 18.7 Å². The van der Waals surface area contributed by atoms with Crippen molar-refractivity contribution in [2.75, 3.05) is 112 Å². The van der Waals surface area contributed by atoms with Crippen LogP contribution in [0, 0.1) is 0 Å². The van der Waals surface area contributed by atoms with Crippen molar-refractivity contribution in [3.8, 4) is 11.5 Å². The number of allylic oxidation sites excluding steroid dienone is 8. The van der Waals surface area contributed by atoms with Crippen molar-refractivity contribution in [2.45, 2.75) is 197 Å². The van der Waals surface area contributed by atoms with E-state index in [0.29, 0.717) is 136 Å². The van der Waals surface area contributed by atoms with E-state index in [0.717, 1.165) is 75.5 Å². The van der Waals surface area contributed by atoms with E-state index in [9.17, 15) is 48.6 Å². The van der Waals surface area contributed by atoms with Gasteiger partial charge in [0, 0.05) is 76.2 Å². The lowest BCUT2D eigenvalue weighted by Crippen LogP contribution is -2.48. The van der Waals surface area contributed by atoms with E-state index in [4.69, 9.17) is 34.2 Å². The number of hydrogen-bond donors (Lipinski definition) is 10. The number of aliphatic carboxylic acids is 1. The van der Waals surface area contributed by atoms with Crippen LogP contribution in [0.15, 0.2) is 66.8 Å². The fourth-order valence-corrected chi connectivity index (χ4v) is 11.9. The molecule has 1 aromatic rings. The molecule has 5 atom stereocenters. The van der Waals surface area contributed by atoms with Crippen LogP contribution in [0.2, 0.25) is 0 Å². The Morgan fingerprint density at radius 2 is 1.24 bits per heavy atom. The van der Waals surface area contributed by atoms with Gasteiger partial charge in [-0.15, -0.1) is 0 Å². The summed E-state index contributed by atoms with van der Waals surface area (Å²) in [6.07, 6.45) is 34.2. The van der Waals surface area contributed by atoms with Crippen LogP contribution in [0.5, 0.6) is 11.5 Å². The molecule has 0 unspecified atom stereocenters. The molecule has 2 saturated heterocycles. The first-order valence-corrected chi connectivity index (χ1v) is 35.9. The number of phenolic OH excluding ortho intramolecular Hbond substituents is 1. The van der Waals surface area contributed by atoms with Gasteiger partial charge in [-0.1, -0.05) is 87.3 Å². The van der Waals surface area contributed by atoms with Crippen molar-refractivity contribution < 1.29 is 77.0 Å². The first kappa shape index (κ1) is 83.7. The van der Waals surface area contributed by atoms with E-state index >= 15 is 0 Å². The van der Waals surface area contributed by atoms with Crippen LogP contribution >= 0.6 is 11.8 Å². The molecule has 0 bridgehead atoms. The number of rotatable bonds is 60. The van der Waals surface area contributed by atoms with Gasteiger partial charge < -0.3 is 86.5 Å². The maximum absolute atomic E-state index is 13.5. The highest BCUT2D eigenvalue weighted by atomic mass is 32.2. The van der Waals surface area contributed by atoms with Crippen molar-refractivity contribution in [3.05, 3.63) is 72.4 Å². The average molecular weight is 1370 g/mol. The second-order valence-electron chi connectivity index (χ2n) is 23.7. The van der Waals surface area contributed by atoms with E-state index in [1.54, 1.807) is 30.0 Å². The summed E-state index contributed by atoms with van der Waals surface area (Å²) in [6, 6.07) is 3.22. The lowest BCUT2D eigenvalue weighted by molar-refractivity contribution is -0.140. The Bertz CT molecular complexity index is 2490. The number of thioether (sulfide) groups is 1. The van der Waals surface area contributed by atoms with Crippen molar-refractivity contribution in [1.29, 1.82) is 0 Å². The number of fused-ring (bicyclic) bond motifs is 1. The molecule has 8 amide bonds. The highest BCUT2D eigenvalue weighted by molar-refractivity contribution is 8.00. The number of carbonyl (C=O) groups excluding carboxylic acids is 7. The molecule has 2 aliphatic rings. The standard InChI is InChI=1S/C70H115N9O16S/c1-3-4-5-6-7-8-9-10-11-12-13-14-15-16-17-18-21-33-65(84)79(52-55-34-35-59(80)60(50-55)90-2)40-26-19-20-31-62(81)72-39-43-93-48-49-95-53-64(83)75-56(29-24-25-36-71)68(87)73-37-27-41-91-44-46-94-47-45-92-42-28-38-74-69(88)57(51-66(85)86)76-63(82)32-23-22-30-61-67-58(54-96-61)77-70(89)78-67/h7-8,10-11,13-14,16-17,34-35,50,56-58,61,67,80H,3-6,9,12,15,18-33,36-49,51-54,71H2,1-2H3,(H,72,81)(H,73,87)(H,74,88)(H,75,83)(H,76,82)(H,85,86)(H2,77,78,89)/b8-7-,11-10-,14-13-,17-16-/t56-,57-,58-,61-,67-/m0/s1. The fourth-order valence-electron chi connectivity index (χ4n) is 10.4. The second-order valence-corrected chi connectivity index (χ2v) is 25.0. The number of nitrogens with zero attached hydrogens (tertiary/aromatic N) is 1. The number of benzene rings is 1. The number of nitrogens with two attached hydrogens (primary N) is 1. The van der Waals surface area contributed by atoms with E-state index in [1.807, 2.05) is 4.90 Å². The van der Waals surface area contributed by atoms with Gasteiger partial charge in [0.05, 0.1) is 71.9 Å². The summed E-state index contributed by atoms with van der Waals surface area (Å²) in [5.74, 6) is -1.74. The minimum absolute atomic E-state index is 0.0368. The lowest BCUT2D eigenvalue weighted by Gasteiger charge is -2.23. The summed E-state index contributed by atoms with van der Waals surface area (Å²) in [6.45, 7) is 6.80. The zero-order valence-electron chi connectivity index (χ0n) is 57.3. The molecule has 26 heteroatoms. The van der Waals surface area contributed by atoms with Crippen molar-refractivity contribution in [2.24, 2.45) is 5.73 Å². The molecule has 96 heavy (non-hydrogen) atoms. The number of ether oxygens (including phenoxy) is 6. The third-order valence-corrected chi connectivity index (χ3v) is 17.2. The first-order valence-electron chi connectivity index (χ1n) is 34.9.